The lowest BCUT2D eigenvalue weighted by atomic mass is 9.55. The molecule has 5 aromatic carbocycles. The molecule has 7 atom stereocenters. The lowest BCUT2D eigenvalue weighted by Crippen LogP contribution is -2.70. The Hall–Kier alpha value is -6.69. The number of unbranched alkanes of at least 4 members (excludes halogenated alkanes) is 2. The maximum absolute atomic E-state index is 15.6. The van der Waals surface area contributed by atoms with Gasteiger partial charge in [0.1, 0.15) is 23.3 Å². The van der Waals surface area contributed by atoms with E-state index in [9.17, 15) is 15.5 Å². The van der Waals surface area contributed by atoms with Crippen molar-refractivity contribution in [2.45, 2.75) is 94.8 Å². The van der Waals surface area contributed by atoms with Gasteiger partial charge in [-0.05, 0) is 139 Å². The van der Waals surface area contributed by atoms with Crippen molar-refractivity contribution >= 4 is 22.4 Å². The van der Waals surface area contributed by atoms with Gasteiger partial charge in [-0.2, -0.15) is 5.26 Å². The van der Waals surface area contributed by atoms with Gasteiger partial charge in [0, 0.05) is 49.6 Å². The average Bonchev–Trinajstić information content (AvgIpc) is 3.88. The minimum absolute atomic E-state index is 0.00148. The molecule has 5 aliphatic rings. The number of carbonyl (C=O) groups is 1. The second-order valence-corrected chi connectivity index (χ2v) is 19.1. The molecule has 1 saturated carbocycles. The maximum Gasteiger partial charge on any atom is 0.254 e. The Balaban J connectivity index is 1.17. The smallest absolute Gasteiger partial charge is 0.254 e. The first-order valence-electron chi connectivity index (χ1n) is 25.1. The molecule has 0 aromatic heterocycles. The number of rotatable bonds is 19. The van der Waals surface area contributed by atoms with Crippen LogP contribution in [-0.4, -0.2) is 78.1 Å². The van der Waals surface area contributed by atoms with Crippen LogP contribution in [0.15, 0.2) is 133 Å². The number of hydrogen-bond donors (Lipinski definition) is 2. The number of nitrogens with zero attached hydrogens (tertiary/aromatic N) is 3. The van der Waals surface area contributed by atoms with E-state index in [2.05, 4.69) is 43.0 Å². The molecular formula is C58H61N3O10. The van der Waals surface area contributed by atoms with Gasteiger partial charge < -0.3 is 48.4 Å². The number of ether oxygens (including phenoxy) is 6. The molecule has 2 aliphatic carbocycles. The highest BCUT2D eigenvalue weighted by atomic mass is 16.8. The maximum atomic E-state index is 15.6. The van der Waals surface area contributed by atoms with Crippen molar-refractivity contribution in [1.29, 1.82) is 5.26 Å². The van der Waals surface area contributed by atoms with Crippen LogP contribution in [-0.2, 0) is 20.9 Å². The van der Waals surface area contributed by atoms with Crippen molar-refractivity contribution in [3.8, 4) is 34.8 Å². The van der Waals surface area contributed by atoms with E-state index >= 15 is 4.79 Å². The minimum Gasteiger partial charge on any atom is -0.459 e. The fraction of sp³-hybridized carbons (Fsp3) is 0.397. The molecule has 2 N–H and O–H groups in total. The second kappa shape index (κ2) is 21.7. The van der Waals surface area contributed by atoms with Crippen molar-refractivity contribution in [3.05, 3.63) is 150 Å². The van der Waals surface area contributed by atoms with Gasteiger partial charge in [-0.3, -0.25) is 4.79 Å². The molecule has 3 aliphatic heterocycles. The molecule has 5 aromatic rings. The number of allylic oxidation sites excluding steroid dienone is 1. The van der Waals surface area contributed by atoms with Crippen molar-refractivity contribution in [2.24, 2.45) is 22.9 Å². The topological polar surface area (TPSA) is 162 Å². The molecule has 13 heteroatoms. The fourth-order valence-corrected chi connectivity index (χ4v) is 11.4. The van der Waals surface area contributed by atoms with Gasteiger partial charge in [0.25, 0.3) is 5.91 Å². The summed E-state index contributed by atoms with van der Waals surface area (Å²) in [4.78, 5) is 23.8. The second-order valence-electron chi connectivity index (χ2n) is 19.1. The van der Waals surface area contributed by atoms with E-state index in [1.165, 1.54) is 0 Å². The number of hydrogen-bond acceptors (Lipinski definition) is 12. The zero-order valence-electron chi connectivity index (χ0n) is 40.0. The monoisotopic (exact) mass is 959 g/mol. The molecule has 0 spiro atoms. The van der Waals surface area contributed by atoms with Crippen LogP contribution in [0.4, 0.5) is 0 Å². The van der Waals surface area contributed by atoms with Crippen LogP contribution in [0.3, 0.4) is 0 Å². The normalized spacial score (nSPS) is 24.5. The van der Waals surface area contributed by atoms with E-state index in [4.69, 9.17) is 38.4 Å². The summed E-state index contributed by atoms with van der Waals surface area (Å²) in [5, 5.41) is 37.2. The Morgan fingerprint density at radius 3 is 2.44 bits per heavy atom. The van der Waals surface area contributed by atoms with Gasteiger partial charge in [-0.25, -0.2) is 0 Å². The van der Waals surface area contributed by atoms with Gasteiger partial charge in [-0.1, -0.05) is 66.5 Å². The predicted molar refractivity (Wildman–Crippen MR) is 267 cm³/mol. The Morgan fingerprint density at radius 2 is 1.65 bits per heavy atom. The van der Waals surface area contributed by atoms with Crippen LogP contribution < -0.4 is 18.9 Å². The summed E-state index contributed by atoms with van der Waals surface area (Å²) in [6.07, 6.45) is 10.7. The molecule has 1 amide bonds. The molecule has 0 bridgehead atoms. The predicted octanol–water partition coefficient (Wildman–Crippen LogP) is 10.7. The van der Waals surface area contributed by atoms with Gasteiger partial charge in [-0.15, -0.1) is 6.58 Å². The van der Waals surface area contributed by atoms with Crippen molar-refractivity contribution < 1.29 is 48.3 Å². The van der Waals surface area contributed by atoms with E-state index in [0.717, 1.165) is 66.0 Å². The highest BCUT2D eigenvalue weighted by Gasteiger charge is 2.65. The van der Waals surface area contributed by atoms with Crippen LogP contribution in [0.2, 0.25) is 0 Å². The number of carbonyl (C=O) groups excluding carboxylic acids is 1. The third-order valence-electron chi connectivity index (χ3n) is 14.7. The largest absolute Gasteiger partial charge is 0.459 e. The van der Waals surface area contributed by atoms with Crippen molar-refractivity contribution in [1.82, 2.24) is 4.90 Å². The molecule has 368 valence electrons. The first-order chi connectivity index (χ1) is 34.9. The van der Waals surface area contributed by atoms with E-state index in [0.29, 0.717) is 71.5 Å². The SMILES string of the molecule is C=CCO[C@@]12Oc3ccc(Oc4ccc5ccccc5c4)cc3[C@H]3[C@H](CCCCO)[C@@H](CCCCO)C=C(C(=NOC4CCCCO4)C[C@@H]1N(Cc1ccc4c(c1)OCO4)C(=O)c1ccc(C#N)cc1)[C@H]32. The van der Waals surface area contributed by atoms with Crippen LogP contribution in [0.1, 0.15) is 97.2 Å². The highest BCUT2D eigenvalue weighted by Crippen LogP contribution is 2.62. The van der Waals surface area contributed by atoms with Crippen LogP contribution in [0.5, 0.6) is 28.7 Å². The number of amides is 1. The summed E-state index contributed by atoms with van der Waals surface area (Å²) in [7, 11) is 0. The summed E-state index contributed by atoms with van der Waals surface area (Å²) in [5.74, 6) is 0.516. The molecule has 2 fully saturated rings. The number of aliphatic hydroxyl groups is 2. The van der Waals surface area contributed by atoms with E-state index in [1.807, 2.05) is 59.5 Å². The Kier molecular flexibility index (Phi) is 14.7. The van der Waals surface area contributed by atoms with E-state index in [1.54, 1.807) is 30.3 Å². The molecule has 1 saturated heterocycles. The molecule has 1 unspecified atom stereocenters. The highest BCUT2D eigenvalue weighted by molar-refractivity contribution is 6.03. The molecule has 13 nitrogen and oxygen atoms in total. The number of oxime groups is 1. The molecule has 71 heavy (non-hydrogen) atoms. The summed E-state index contributed by atoms with van der Waals surface area (Å²) < 4.78 is 39.2. The summed E-state index contributed by atoms with van der Waals surface area (Å²) in [6.45, 7) is 5.15. The Morgan fingerprint density at radius 1 is 0.873 bits per heavy atom. The fourth-order valence-electron chi connectivity index (χ4n) is 11.4. The molecular weight excluding hydrogens is 899 g/mol. The van der Waals surface area contributed by atoms with Crippen molar-refractivity contribution in [3.63, 3.8) is 0 Å². The van der Waals surface area contributed by atoms with Crippen LogP contribution >= 0.6 is 0 Å². The van der Waals surface area contributed by atoms with Gasteiger partial charge in [0.15, 0.2) is 11.5 Å². The minimum atomic E-state index is -1.53. The Labute approximate surface area is 414 Å². The zero-order chi connectivity index (χ0) is 48.7. The third kappa shape index (κ3) is 9.99. The molecule has 10 rings (SSSR count). The van der Waals surface area contributed by atoms with E-state index < -0.39 is 24.0 Å². The number of benzene rings is 5. The third-order valence-corrected chi connectivity index (χ3v) is 14.7. The number of aliphatic hydroxyl groups excluding tert-OH is 2. The standard InChI is InChI=1S/C58H61N3O10/c1-2-28-68-58-53(61(57(64)41-19-16-38(35-59)17-20-41)36-39-18-24-51-52(30-39)67-37-66-51)34-49(60-71-54-15-7-10-29-65-54)47-32-43(13-5-8-26-62)46(14-6-9-27-63)55(56(47)58)48-33-45(23-25-50(48)70-58)69-44-22-21-40-11-3-4-12-42(40)31-44/h2-4,11-12,16-25,30-33,43,46,53-56,62-63H,1,5-10,13-15,26-29,34,36-37H2/t43-,46+,53-,54?,55+,56+,58+/m0/s1. The molecule has 0 radical (unpaired) electrons. The van der Waals surface area contributed by atoms with Gasteiger partial charge in [0.05, 0.1) is 36.5 Å². The lowest BCUT2D eigenvalue weighted by Gasteiger charge is -2.60. The van der Waals surface area contributed by atoms with Crippen molar-refractivity contribution in [2.75, 3.05) is 33.2 Å². The quantitative estimate of drug-likeness (QED) is 0.0460. The summed E-state index contributed by atoms with van der Waals surface area (Å²) in [5.41, 5.74) is 4.12. The number of nitriles is 1. The molecule has 3 heterocycles. The average molecular weight is 960 g/mol. The van der Waals surface area contributed by atoms with Crippen LogP contribution in [0, 0.1) is 29.1 Å². The van der Waals surface area contributed by atoms with Gasteiger partial charge in [0.2, 0.25) is 18.9 Å². The first-order valence-corrected chi connectivity index (χ1v) is 25.1. The van der Waals surface area contributed by atoms with Crippen LogP contribution in [0.25, 0.3) is 10.8 Å². The Bertz CT molecular complexity index is 2820. The number of fused-ring (bicyclic) bond motifs is 4. The van der Waals surface area contributed by atoms with Gasteiger partial charge >= 0.3 is 0 Å². The summed E-state index contributed by atoms with van der Waals surface area (Å²) in [6, 6.07) is 33.9. The first kappa shape index (κ1) is 48.0. The lowest BCUT2D eigenvalue weighted by molar-refractivity contribution is -0.255. The van der Waals surface area contributed by atoms with E-state index in [-0.39, 0.29) is 63.2 Å². The zero-order valence-corrected chi connectivity index (χ0v) is 40.0. The summed E-state index contributed by atoms with van der Waals surface area (Å²) >= 11 is 0.